The van der Waals surface area contributed by atoms with E-state index in [1.807, 2.05) is 18.6 Å². The summed E-state index contributed by atoms with van der Waals surface area (Å²) in [6.07, 6.45) is 3.50. The summed E-state index contributed by atoms with van der Waals surface area (Å²) in [6, 6.07) is 3.91. The Morgan fingerprint density at radius 1 is 1.14 bits per heavy atom. The van der Waals surface area contributed by atoms with E-state index < -0.39 is 92.3 Å². The van der Waals surface area contributed by atoms with Gasteiger partial charge in [0.2, 0.25) is 27.7 Å². The van der Waals surface area contributed by atoms with Gasteiger partial charge in [0.1, 0.15) is 46.4 Å². The Bertz CT molecular complexity index is 2110. The highest BCUT2D eigenvalue weighted by Crippen LogP contribution is 2.48. The molecule has 3 fully saturated rings. The van der Waals surface area contributed by atoms with E-state index in [1.165, 1.54) is 6.20 Å². The molecule has 1 aromatic carbocycles. The van der Waals surface area contributed by atoms with Gasteiger partial charge in [-0.05, 0) is 101 Å². The SMILES string of the molecule is CCOc1ccc2c(O[C@@H]3C[C@H]4C(=O)N[C@]5(C(=O)NS(=O)(=O)C6(CF)CC6)C[C@H]5/C=C\CC[C@@H](C)C[C@@H](C)[C@H](N(C(=O)O)C(C)(C)C(C)(F)F)C(=O)N4C3)nccc2c1. The van der Waals surface area contributed by atoms with Crippen molar-refractivity contribution in [1.82, 2.24) is 24.8 Å². The third-order valence-electron chi connectivity index (χ3n) is 12.7. The molecule has 0 spiro atoms. The van der Waals surface area contributed by atoms with Crippen LogP contribution in [-0.4, -0.2) is 112 Å². The van der Waals surface area contributed by atoms with Crippen LogP contribution in [0.5, 0.6) is 11.6 Å². The smallest absolute Gasteiger partial charge is 0.408 e. The van der Waals surface area contributed by atoms with E-state index in [1.54, 1.807) is 43.3 Å². The van der Waals surface area contributed by atoms with Crippen molar-refractivity contribution in [2.75, 3.05) is 19.8 Å². The van der Waals surface area contributed by atoms with Crippen molar-refractivity contribution in [2.45, 2.75) is 126 Å². The number of pyridine rings is 1. The van der Waals surface area contributed by atoms with Crippen LogP contribution in [0.1, 0.15) is 86.5 Å². The van der Waals surface area contributed by atoms with Gasteiger partial charge >= 0.3 is 6.09 Å². The van der Waals surface area contributed by atoms with E-state index >= 15 is 13.6 Å². The molecule has 1 saturated heterocycles. The number of carbonyl (C=O) groups is 4. The highest BCUT2D eigenvalue weighted by Gasteiger charge is 2.64. The second kappa shape index (κ2) is 16.1. The fourth-order valence-corrected chi connectivity index (χ4v) is 9.88. The van der Waals surface area contributed by atoms with E-state index in [9.17, 15) is 32.3 Å². The molecule has 0 unspecified atom stereocenters. The van der Waals surface area contributed by atoms with E-state index in [2.05, 4.69) is 10.3 Å². The van der Waals surface area contributed by atoms with Crippen molar-refractivity contribution in [3.8, 4) is 11.6 Å². The molecule has 2 aromatic rings. The number of halogens is 3. The maximum Gasteiger partial charge on any atom is 0.408 e. The summed E-state index contributed by atoms with van der Waals surface area (Å²) >= 11 is 0. The standard InChI is InChI=1S/C41H54F3N5O9S/c1-7-57-28-12-13-30-26(19-28)14-17-45-34(30)58-29-20-31-33(50)46-41(36(52)47-59(55,56)40(23-42)15-16-40)21-27(41)11-9-8-10-24(2)18-25(3)32(35(51)48(31)22-29)49(37(53)54)38(4,5)39(6,43)44/h9,11-14,17,19,24-25,27,29,31-32H,7-8,10,15-16,18,20-23H2,1-6H3,(H,46,50)(H,47,52)(H,53,54)/b11-9-/t24-,25-,27-,29-,31+,32+,41-/m1/s1. The summed E-state index contributed by atoms with van der Waals surface area (Å²) < 4.78 is 83.3. The lowest BCUT2D eigenvalue weighted by atomic mass is 9.84. The number of fused-ring (bicyclic) bond motifs is 3. The van der Waals surface area contributed by atoms with Crippen molar-refractivity contribution in [1.29, 1.82) is 0 Å². The number of hydrogen-bond donors (Lipinski definition) is 3. The molecule has 0 radical (unpaired) electrons. The second-order valence-corrected chi connectivity index (χ2v) is 19.4. The maximum atomic E-state index is 15.4. The van der Waals surface area contributed by atoms with Gasteiger partial charge in [0, 0.05) is 30.8 Å². The molecule has 14 nitrogen and oxygen atoms in total. The van der Waals surface area contributed by atoms with Gasteiger partial charge in [-0.3, -0.25) is 24.0 Å². The molecular weight excluding hydrogens is 796 g/mol. The molecule has 2 aliphatic heterocycles. The highest BCUT2D eigenvalue weighted by molar-refractivity contribution is 7.91. The fraction of sp³-hybridized carbons (Fsp3) is 0.634. The summed E-state index contributed by atoms with van der Waals surface area (Å²) in [6.45, 7) is 7.01. The lowest BCUT2D eigenvalue weighted by Crippen LogP contribution is -2.66. The van der Waals surface area contributed by atoms with Crippen LogP contribution in [0.4, 0.5) is 18.0 Å². The zero-order valence-electron chi connectivity index (χ0n) is 34.2. The molecule has 4 aliphatic rings. The van der Waals surface area contributed by atoms with Gasteiger partial charge < -0.3 is 24.8 Å². The summed E-state index contributed by atoms with van der Waals surface area (Å²) in [5.74, 6) is -7.27. The fourth-order valence-electron chi connectivity index (χ4n) is 8.45. The second-order valence-electron chi connectivity index (χ2n) is 17.3. The van der Waals surface area contributed by atoms with Crippen molar-refractivity contribution in [3.05, 3.63) is 42.6 Å². The highest BCUT2D eigenvalue weighted by atomic mass is 32.2. The van der Waals surface area contributed by atoms with Crippen molar-refractivity contribution in [3.63, 3.8) is 0 Å². The van der Waals surface area contributed by atoms with Gasteiger partial charge in [0.15, 0.2) is 0 Å². The molecule has 0 bridgehead atoms. The molecule has 324 valence electrons. The molecule has 1 aromatic heterocycles. The predicted octanol–water partition coefficient (Wildman–Crippen LogP) is 5.60. The van der Waals surface area contributed by atoms with Crippen LogP contribution in [0.2, 0.25) is 0 Å². The van der Waals surface area contributed by atoms with Gasteiger partial charge in [-0.25, -0.2) is 31.4 Å². The lowest BCUT2D eigenvalue weighted by molar-refractivity contribution is -0.156. The van der Waals surface area contributed by atoms with Crippen LogP contribution in [-0.2, 0) is 24.4 Å². The monoisotopic (exact) mass is 849 g/mol. The Morgan fingerprint density at radius 2 is 1.85 bits per heavy atom. The van der Waals surface area contributed by atoms with Crippen LogP contribution in [0.3, 0.4) is 0 Å². The average Bonchev–Trinajstić information content (AvgIpc) is 4.06. The Hall–Kier alpha value is -4.61. The molecule has 4 amide bonds. The molecular formula is C41H54F3N5O9S. The number of hydrogen-bond acceptors (Lipinski definition) is 9. The van der Waals surface area contributed by atoms with E-state index in [0.717, 1.165) is 24.1 Å². The first-order valence-corrected chi connectivity index (χ1v) is 21.6. The number of benzene rings is 1. The number of rotatable bonds is 11. The number of carbonyl (C=O) groups excluding carboxylic acids is 3. The Balaban J connectivity index is 1.41. The van der Waals surface area contributed by atoms with Gasteiger partial charge in [-0.15, -0.1) is 0 Å². The van der Waals surface area contributed by atoms with Crippen LogP contribution < -0.4 is 19.5 Å². The Labute approximate surface area is 342 Å². The minimum atomic E-state index is -4.47. The van der Waals surface area contributed by atoms with E-state index in [0.29, 0.717) is 42.4 Å². The van der Waals surface area contributed by atoms with Crippen LogP contribution >= 0.6 is 0 Å². The number of nitrogens with one attached hydrogen (secondary N) is 2. The number of alkyl halides is 3. The summed E-state index contributed by atoms with van der Waals surface area (Å²) in [4.78, 5) is 62.8. The normalized spacial score (nSPS) is 29.2. The molecule has 7 atom stereocenters. The molecule has 18 heteroatoms. The van der Waals surface area contributed by atoms with Crippen LogP contribution in [0.25, 0.3) is 10.8 Å². The van der Waals surface area contributed by atoms with Crippen molar-refractivity contribution in [2.24, 2.45) is 17.8 Å². The first-order valence-electron chi connectivity index (χ1n) is 20.1. The number of aromatic nitrogens is 1. The van der Waals surface area contributed by atoms with Gasteiger partial charge in [0.05, 0.1) is 13.2 Å². The third kappa shape index (κ3) is 8.42. The minimum Gasteiger partial charge on any atom is -0.494 e. The number of carboxylic acid groups (broad SMARTS) is 1. The van der Waals surface area contributed by atoms with Gasteiger partial charge in [-0.1, -0.05) is 26.0 Å². The molecule has 2 aliphatic carbocycles. The molecule has 3 N–H and O–H groups in total. The summed E-state index contributed by atoms with van der Waals surface area (Å²) in [5.41, 5.74) is -4.18. The molecule has 2 saturated carbocycles. The topological polar surface area (TPSA) is 185 Å². The Morgan fingerprint density at radius 3 is 2.47 bits per heavy atom. The summed E-state index contributed by atoms with van der Waals surface area (Å²) in [5, 5.41) is 14.6. The van der Waals surface area contributed by atoms with Crippen molar-refractivity contribution >= 4 is 44.6 Å². The lowest BCUT2D eigenvalue weighted by Gasteiger charge is -2.47. The number of ether oxygens (including phenoxy) is 2. The van der Waals surface area contributed by atoms with Gasteiger partial charge in [0.25, 0.3) is 11.8 Å². The van der Waals surface area contributed by atoms with Crippen LogP contribution in [0, 0.1) is 17.8 Å². The van der Waals surface area contributed by atoms with Gasteiger partial charge in [-0.2, -0.15) is 0 Å². The molecule has 59 heavy (non-hydrogen) atoms. The number of nitrogens with zero attached hydrogens (tertiary/aromatic N) is 3. The quantitative estimate of drug-likeness (QED) is 0.241. The Kier molecular flexibility index (Phi) is 12.0. The zero-order valence-corrected chi connectivity index (χ0v) is 35.0. The van der Waals surface area contributed by atoms with Crippen LogP contribution in [0.15, 0.2) is 42.6 Å². The van der Waals surface area contributed by atoms with E-state index in [4.69, 9.17) is 9.47 Å². The van der Waals surface area contributed by atoms with Crippen molar-refractivity contribution < 1.29 is 55.3 Å². The number of sulfonamides is 1. The average molecular weight is 850 g/mol. The maximum absolute atomic E-state index is 15.4. The number of allylic oxidation sites excluding steroid dienone is 1. The summed E-state index contributed by atoms with van der Waals surface area (Å²) in [7, 11) is -4.47. The third-order valence-corrected chi connectivity index (χ3v) is 14.8. The number of amides is 4. The largest absolute Gasteiger partial charge is 0.494 e. The first kappa shape index (κ1) is 44.0. The predicted molar refractivity (Wildman–Crippen MR) is 211 cm³/mol. The minimum absolute atomic E-state index is 0.00521. The van der Waals surface area contributed by atoms with E-state index in [-0.39, 0.29) is 50.4 Å². The first-order chi connectivity index (χ1) is 27.6. The molecule has 6 rings (SSSR count). The zero-order chi connectivity index (χ0) is 43.3. The molecule has 3 heterocycles.